The molecule has 2 rings (SSSR count). The van der Waals surface area contributed by atoms with Crippen molar-refractivity contribution in [3.63, 3.8) is 0 Å². The van der Waals surface area contributed by atoms with E-state index in [1.165, 1.54) is 6.42 Å². The molecule has 0 amide bonds. The fraction of sp³-hybridized carbons (Fsp3) is 1.00. The van der Waals surface area contributed by atoms with Crippen LogP contribution in [0.15, 0.2) is 0 Å². The summed E-state index contributed by atoms with van der Waals surface area (Å²) in [5, 5.41) is 3.70. The molecule has 2 saturated heterocycles. The van der Waals surface area contributed by atoms with Gasteiger partial charge in [-0.1, -0.05) is 6.92 Å². The van der Waals surface area contributed by atoms with Gasteiger partial charge in [0.05, 0.1) is 12.2 Å². The van der Waals surface area contributed by atoms with Crippen LogP contribution in [0.25, 0.3) is 0 Å². The summed E-state index contributed by atoms with van der Waals surface area (Å²) < 4.78 is 11.2. The maximum absolute atomic E-state index is 5.84. The normalized spacial score (nSPS) is 42.0. The second kappa shape index (κ2) is 4.81. The Morgan fingerprint density at radius 3 is 2.73 bits per heavy atom. The predicted molar refractivity (Wildman–Crippen MR) is 60.0 cm³/mol. The quantitative estimate of drug-likeness (QED) is 0.774. The molecule has 2 aliphatic rings. The van der Waals surface area contributed by atoms with Crippen LogP contribution in [-0.4, -0.2) is 37.5 Å². The van der Waals surface area contributed by atoms with Gasteiger partial charge in [-0.15, -0.1) is 0 Å². The first-order valence-corrected chi connectivity index (χ1v) is 6.19. The Bertz CT molecular complexity index is 204. The highest BCUT2D eigenvalue weighted by Gasteiger charge is 2.32. The van der Waals surface area contributed by atoms with E-state index in [-0.39, 0.29) is 5.60 Å². The second-order valence-corrected chi connectivity index (χ2v) is 5.07. The number of nitrogens with one attached hydrogen (secondary N) is 1. The lowest BCUT2D eigenvalue weighted by Gasteiger charge is -2.39. The molecule has 88 valence electrons. The Hall–Kier alpha value is -0.120. The Kier molecular flexibility index (Phi) is 3.65. The highest BCUT2D eigenvalue weighted by molar-refractivity contribution is 4.87. The molecular weight excluding hydrogens is 190 g/mol. The van der Waals surface area contributed by atoms with E-state index in [0.717, 1.165) is 39.1 Å². The molecule has 0 saturated carbocycles. The molecule has 3 atom stereocenters. The van der Waals surface area contributed by atoms with Crippen molar-refractivity contribution >= 4 is 0 Å². The number of hydrogen-bond donors (Lipinski definition) is 1. The van der Waals surface area contributed by atoms with Crippen LogP contribution >= 0.6 is 0 Å². The maximum Gasteiger partial charge on any atom is 0.0666 e. The van der Waals surface area contributed by atoms with Gasteiger partial charge in [0.15, 0.2) is 0 Å². The van der Waals surface area contributed by atoms with Crippen molar-refractivity contribution in [3.8, 4) is 0 Å². The monoisotopic (exact) mass is 213 g/mol. The van der Waals surface area contributed by atoms with E-state index in [1.54, 1.807) is 0 Å². The average Bonchev–Trinajstić information content (AvgIpc) is 2.71. The van der Waals surface area contributed by atoms with Crippen LogP contribution in [0.2, 0.25) is 0 Å². The van der Waals surface area contributed by atoms with Crippen LogP contribution in [0.4, 0.5) is 0 Å². The molecule has 2 fully saturated rings. The maximum atomic E-state index is 5.84. The molecule has 0 radical (unpaired) electrons. The minimum atomic E-state index is 0.0926. The SMILES string of the molecule is CCC1(C)CC(NC2CCOC2)CCO1. The zero-order valence-corrected chi connectivity index (χ0v) is 9.92. The largest absolute Gasteiger partial charge is 0.380 e. The first kappa shape index (κ1) is 11.4. The topological polar surface area (TPSA) is 30.5 Å². The summed E-state index contributed by atoms with van der Waals surface area (Å²) in [6.45, 7) is 7.15. The fourth-order valence-corrected chi connectivity index (χ4v) is 2.52. The van der Waals surface area contributed by atoms with Gasteiger partial charge in [0.1, 0.15) is 0 Å². The molecule has 0 bridgehead atoms. The molecule has 2 aliphatic heterocycles. The molecule has 0 aromatic heterocycles. The number of hydrogen-bond acceptors (Lipinski definition) is 3. The predicted octanol–water partition coefficient (Wildman–Crippen LogP) is 1.71. The van der Waals surface area contributed by atoms with Crippen LogP contribution in [-0.2, 0) is 9.47 Å². The molecule has 1 N–H and O–H groups in total. The van der Waals surface area contributed by atoms with Crippen LogP contribution in [0.3, 0.4) is 0 Å². The third-order valence-electron chi connectivity index (χ3n) is 3.74. The van der Waals surface area contributed by atoms with Crippen molar-refractivity contribution < 1.29 is 9.47 Å². The van der Waals surface area contributed by atoms with E-state index in [1.807, 2.05) is 0 Å². The molecule has 3 heteroatoms. The first-order valence-electron chi connectivity index (χ1n) is 6.19. The molecule has 3 unspecified atom stereocenters. The molecule has 0 aliphatic carbocycles. The van der Waals surface area contributed by atoms with Gasteiger partial charge < -0.3 is 14.8 Å². The third-order valence-corrected chi connectivity index (χ3v) is 3.74. The van der Waals surface area contributed by atoms with Crippen LogP contribution in [0.5, 0.6) is 0 Å². The zero-order valence-electron chi connectivity index (χ0n) is 9.92. The minimum absolute atomic E-state index is 0.0926. The molecule has 15 heavy (non-hydrogen) atoms. The van der Waals surface area contributed by atoms with Crippen molar-refractivity contribution in [2.24, 2.45) is 0 Å². The summed E-state index contributed by atoms with van der Waals surface area (Å²) in [4.78, 5) is 0. The minimum Gasteiger partial charge on any atom is -0.380 e. The lowest BCUT2D eigenvalue weighted by atomic mass is 9.89. The summed E-state index contributed by atoms with van der Waals surface area (Å²) >= 11 is 0. The van der Waals surface area contributed by atoms with E-state index in [4.69, 9.17) is 9.47 Å². The highest BCUT2D eigenvalue weighted by atomic mass is 16.5. The van der Waals surface area contributed by atoms with Gasteiger partial charge in [0.25, 0.3) is 0 Å². The van der Waals surface area contributed by atoms with Gasteiger partial charge >= 0.3 is 0 Å². The summed E-state index contributed by atoms with van der Waals surface area (Å²) in [6, 6.07) is 1.20. The molecular formula is C12H23NO2. The highest BCUT2D eigenvalue weighted by Crippen LogP contribution is 2.28. The average molecular weight is 213 g/mol. The van der Waals surface area contributed by atoms with Gasteiger partial charge in [0, 0.05) is 25.3 Å². The summed E-state index contributed by atoms with van der Waals surface area (Å²) in [7, 11) is 0. The summed E-state index contributed by atoms with van der Waals surface area (Å²) in [5.41, 5.74) is 0.0926. The van der Waals surface area contributed by atoms with E-state index < -0.39 is 0 Å². The van der Waals surface area contributed by atoms with Crippen molar-refractivity contribution in [3.05, 3.63) is 0 Å². The van der Waals surface area contributed by atoms with Crippen molar-refractivity contribution in [1.82, 2.24) is 5.32 Å². The van der Waals surface area contributed by atoms with Gasteiger partial charge in [-0.3, -0.25) is 0 Å². The smallest absolute Gasteiger partial charge is 0.0666 e. The van der Waals surface area contributed by atoms with Crippen LogP contribution < -0.4 is 5.32 Å². The molecule has 0 aromatic carbocycles. The first-order chi connectivity index (χ1) is 7.22. The lowest BCUT2D eigenvalue weighted by molar-refractivity contribution is -0.0791. The lowest BCUT2D eigenvalue weighted by Crippen LogP contribution is -2.48. The molecule has 2 heterocycles. The van der Waals surface area contributed by atoms with E-state index >= 15 is 0 Å². The van der Waals surface area contributed by atoms with Crippen molar-refractivity contribution in [2.75, 3.05) is 19.8 Å². The van der Waals surface area contributed by atoms with Crippen LogP contribution in [0.1, 0.15) is 39.5 Å². The second-order valence-electron chi connectivity index (χ2n) is 5.07. The van der Waals surface area contributed by atoms with E-state index in [9.17, 15) is 0 Å². The third kappa shape index (κ3) is 2.92. The van der Waals surface area contributed by atoms with Gasteiger partial charge in [-0.05, 0) is 32.6 Å². The van der Waals surface area contributed by atoms with Gasteiger partial charge in [-0.25, -0.2) is 0 Å². The van der Waals surface area contributed by atoms with E-state index in [0.29, 0.717) is 12.1 Å². The summed E-state index contributed by atoms with van der Waals surface area (Å²) in [5.74, 6) is 0. The van der Waals surface area contributed by atoms with Crippen molar-refractivity contribution in [2.45, 2.75) is 57.2 Å². The van der Waals surface area contributed by atoms with Gasteiger partial charge in [0.2, 0.25) is 0 Å². The summed E-state index contributed by atoms with van der Waals surface area (Å²) in [6.07, 6.45) is 4.55. The van der Waals surface area contributed by atoms with E-state index in [2.05, 4.69) is 19.2 Å². The Morgan fingerprint density at radius 1 is 1.27 bits per heavy atom. The zero-order chi connectivity index (χ0) is 10.7. The Morgan fingerprint density at radius 2 is 2.07 bits per heavy atom. The molecule has 0 spiro atoms. The standard InChI is InChI=1S/C12H23NO2/c1-3-12(2)8-10(5-7-15-12)13-11-4-6-14-9-11/h10-11,13H,3-9H2,1-2H3. The number of rotatable bonds is 3. The van der Waals surface area contributed by atoms with Gasteiger partial charge in [-0.2, -0.15) is 0 Å². The van der Waals surface area contributed by atoms with Crippen molar-refractivity contribution in [1.29, 1.82) is 0 Å². The number of ether oxygens (including phenoxy) is 2. The van der Waals surface area contributed by atoms with Crippen LogP contribution in [0, 0.1) is 0 Å². The molecule has 3 nitrogen and oxygen atoms in total. The molecule has 0 aromatic rings. The Labute approximate surface area is 92.5 Å². The fourth-order valence-electron chi connectivity index (χ4n) is 2.52. The Balaban J connectivity index is 1.81.